The van der Waals surface area contributed by atoms with Gasteiger partial charge in [0, 0.05) is 12.8 Å². The number of allylic oxidation sites excluding steroid dienone is 1. The molecule has 0 fully saturated rings. The van der Waals surface area contributed by atoms with E-state index in [9.17, 15) is 19.8 Å². The molecule has 0 spiro atoms. The molecule has 2 atom stereocenters. The number of rotatable bonds is 60. The average molecular weight is 989 g/mol. The first-order valence-electron chi connectivity index (χ1n) is 32.0. The van der Waals surface area contributed by atoms with Crippen molar-refractivity contribution in [3.05, 3.63) is 12.2 Å². The summed E-state index contributed by atoms with van der Waals surface area (Å²) in [5.41, 5.74) is 0. The number of carbonyl (C=O) groups is 2. The summed E-state index contributed by atoms with van der Waals surface area (Å²) >= 11 is 0. The van der Waals surface area contributed by atoms with Crippen molar-refractivity contribution >= 4 is 11.9 Å². The van der Waals surface area contributed by atoms with Crippen LogP contribution in [0.15, 0.2) is 12.2 Å². The predicted molar refractivity (Wildman–Crippen MR) is 306 cm³/mol. The van der Waals surface area contributed by atoms with Crippen molar-refractivity contribution in [1.82, 2.24) is 5.32 Å². The molecule has 70 heavy (non-hydrogen) atoms. The van der Waals surface area contributed by atoms with Gasteiger partial charge in [0.15, 0.2) is 0 Å². The first-order chi connectivity index (χ1) is 34.5. The zero-order valence-corrected chi connectivity index (χ0v) is 47.5. The van der Waals surface area contributed by atoms with Crippen LogP contribution in [0.5, 0.6) is 0 Å². The third-order valence-electron chi connectivity index (χ3n) is 15.1. The van der Waals surface area contributed by atoms with Crippen molar-refractivity contribution in [3.8, 4) is 0 Å². The van der Waals surface area contributed by atoms with Gasteiger partial charge in [0.2, 0.25) is 5.91 Å². The fourth-order valence-corrected chi connectivity index (χ4v) is 10.2. The van der Waals surface area contributed by atoms with Gasteiger partial charge in [-0.3, -0.25) is 9.59 Å². The van der Waals surface area contributed by atoms with Crippen LogP contribution in [0.4, 0.5) is 0 Å². The van der Waals surface area contributed by atoms with Gasteiger partial charge in [-0.05, 0) is 32.1 Å². The lowest BCUT2D eigenvalue weighted by Crippen LogP contribution is -2.45. The molecule has 0 heterocycles. The highest BCUT2D eigenvalue weighted by atomic mass is 16.5. The number of ether oxygens (including phenoxy) is 1. The van der Waals surface area contributed by atoms with Crippen molar-refractivity contribution in [2.45, 2.75) is 373 Å². The standard InChI is InChI=1S/C64H125NO5/c1-3-5-7-9-11-13-15-17-19-25-30-34-38-42-46-50-54-58-64(69)70-59-55-51-47-43-39-35-31-27-24-22-21-23-26-29-33-37-41-45-49-53-57-63(68)65-61(60-66)62(67)56-52-48-44-40-36-32-28-20-18-16-14-12-10-8-6-4-2/h52,56,61-62,66-67H,3-51,53-55,57-60H2,1-2H3,(H,65,68)/b56-52+. The summed E-state index contributed by atoms with van der Waals surface area (Å²) in [6, 6.07) is -0.628. The molecule has 0 rings (SSSR count). The highest BCUT2D eigenvalue weighted by molar-refractivity contribution is 5.76. The van der Waals surface area contributed by atoms with Crippen molar-refractivity contribution in [2.24, 2.45) is 0 Å². The highest BCUT2D eigenvalue weighted by Crippen LogP contribution is 2.18. The summed E-state index contributed by atoms with van der Waals surface area (Å²) in [4.78, 5) is 24.6. The minimum atomic E-state index is -0.845. The molecule has 1 amide bonds. The first kappa shape index (κ1) is 68.6. The number of amides is 1. The summed E-state index contributed by atoms with van der Waals surface area (Å²) in [6.07, 6.45) is 72.5. The van der Waals surface area contributed by atoms with E-state index in [2.05, 4.69) is 19.2 Å². The number of hydrogen-bond donors (Lipinski definition) is 3. The minimum absolute atomic E-state index is 0.0147. The van der Waals surface area contributed by atoms with Crippen molar-refractivity contribution in [2.75, 3.05) is 13.2 Å². The fourth-order valence-electron chi connectivity index (χ4n) is 10.2. The Morgan fingerprint density at radius 2 is 0.657 bits per heavy atom. The van der Waals surface area contributed by atoms with Gasteiger partial charge in [-0.15, -0.1) is 0 Å². The second kappa shape index (κ2) is 60.2. The molecule has 3 N–H and O–H groups in total. The molecule has 0 aliphatic heterocycles. The van der Waals surface area contributed by atoms with Crippen LogP contribution in [0.2, 0.25) is 0 Å². The predicted octanol–water partition coefficient (Wildman–Crippen LogP) is 20.0. The number of carbonyl (C=O) groups excluding carboxylic acids is 2. The molecule has 6 nitrogen and oxygen atoms in total. The average Bonchev–Trinajstić information content (AvgIpc) is 3.36. The molecule has 0 aliphatic carbocycles. The Morgan fingerprint density at radius 3 is 0.971 bits per heavy atom. The lowest BCUT2D eigenvalue weighted by Gasteiger charge is -2.20. The molecule has 0 radical (unpaired) electrons. The summed E-state index contributed by atoms with van der Waals surface area (Å²) in [5, 5.41) is 23.2. The number of aliphatic hydroxyl groups is 2. The Balaban J connectivity index is 3.39. The smallest absolute Gasteiger partial charge is 0.305 e. The summed E-state index contributed by atoms with van der Waals surface area (Å²) < 4.78 is 5.50. The van der Waals surface area contributed by atoms with Gasteiger partial charge < -0.3 is 20.3 Å². The molecular formula is C64H125NO5. The largest absolute Gasteiger partial charge is 0.466 e. The number of aliphatic hydroxyl groups excluding tert-OH is 2. The molecule has 0 saturated heterocycles. The summed E-state index contributed by atoms with van der Waals surface area (Å²) in [5.74, 6) is -0.0523. The van der Waals surface area contributed by atoms with E-state index in [0.29, 0.717) is 19.4 Å². The SMILES string of the molecule is CCCCCCCCCCCCCCCC/C=C/C(O)C(CO)NC(=O)CCCCCCCCCCCCCCCCCCCCCCOC(=O)CCCCCCCCCCCCCCCCCCC. The van der Waals surface area contributed by atoms with Gasteiger partial charge in [0.1, 0.15) is 0 Å². The molecule has 6 heteroatoms. The van der Waals surface area contributed by atoms with Gasteiger partial charge in [-0.1, -0.05) is 328 Å². The van der Waals surface area contributed by atoms with Crippen LogP contribution < -0.4 is 5.32 Å². The molecule has 0 aromatic heterocycles. The zero-order valence-electron chi connectivity index (χ0n) is 47.5. The molecule has 0 bridgehead atoms. The van der Waals surface area contributed by atoms with Gasteiger partial charge >= 0.3 is 5.97 Å². The molecular weight excluding hydrogens is 863 g/mol. The second-order valence-electron chi connectivity index (χ2n) is 22.1. The maximum atomic E-state index is 12.5. The maximum absolute atomic E-state index is 12.5. The monoisotopic (exact) mass is 988 g/mol. The Morgan fingerprint density at radius 1 is 0.386 bits per heavy atom. The van der Waals surface area contributed by atoms with Crippen LogP contribution in [-0.4, -0.2) is 47.4 Å². The van der Waals surface area contributed by atoms with Gasteiger partial charge in [0.25, 0.3) is 0 Å². The number of nitrogens with one attached hydrogen (secondary N) is 1. The Labute approximate surface area is 438 Å². The molecule has 0 aromatic rings. The van der Waals surface area contributed by atoms with Gasteiger partial charge in [0.05, 0.1) is 25.4 Å². The van der Waals surface area contributed by atoms with Crippen LogP contribution in [0.3, 0.4) is 0 Å². The summed E-state index contributed by atoms with van der Waals surface area (Å²) in [6.45, 7) is 4.93. The van der Waals surface area contributed by atoms with E-state index in [1.54, 1.807) is 6.08 Å². The third-order valence-corrected chi connectivity index (χ3v) is 15.1. The molecule has 2 unspecified atom stereocenters. The second-order valence-corrected chi connectivity index (χ2v) is 22.1. The lowest BCUT2D eigenvalue weighted by molar-refractivity contribution is -0.143. The molecule has 416 valence electrons. The normalized spacial score (nSPS) is 12.6. The fraction of sp³-hybridized carbons (Fsp3) is 0.938. The quantitative estimate of drug-likeness (QED) is 0.0321. The molecule has 0 aliphatic rings. The molecule has 0 aromatic carbocycles. The number of esters is 1. The van der Waals surface area contributed by atoms with E-state index < -0.39 is 12.1 Å². The lowest BCUT2D eigenvalue weighted by atomic mass is 10.0. The third kappa shape index (κ3) is 55.9. The summed E-state index contributed by atoms with van der Waals surface area (Å²) in [7, 11) is 0. The van der Waals surface area contributed by atoms with Crippen LogP contribution in [0, 0.1) is 0 Å². The van der Waals surface area contributed by atoms with Gasteiger partial charge in [-0.25, -0.2) is 0 Å². The Hall–Kier alpha value is -1.40. The van der Waals surface area contributed by atoms with Crippen LogP contribution in [-0.2, 0) is 14.3 Å². The zero-order chi connectivity index (χ0) is 50.7. The number of hydrogen-bond acceptors (Lipinski definition) is 5. The van der Waals surface area contributed by atoms with Crippen molar-refractivity contribution in [3.63, 3.8) is 0 Å². The van der Waals surface area contributed by atoms with Crippen LogP contribution in [0.25, 0.3) is 0 Å². The van der Waals surface area contributed by atoms with Crippen molar-refractivity contribution in [1.29, 1.82) is 0 Å². The van der Waals surface area contributed by atoms with Crippen molar-refractivity contribution < 1.29 is 24.5 Å². The number of unbranched alkanes of at least 4 members (excludes halogenated alkanes) is 49. The van der Waals surface area contributed by atoms with E-state index in [-0.39, 0.29) is 18.5 Å². The van der Waals surface area contributed by atoms with Crippen LogP contribution >= 0.6 is 0 Å². The minimum Gasteiger partial charge on any atom is -0.466 e. The van der Waals surface area contributed by atoms with E-state index in [4.69, 9.17) is 4.74 Å². The van der Waals surface area contributed by atoms with E-state index >= 15 is 0 Å². The van der Waals surface area contributed by atoms with E-state index in [1.807, 2.05) is 6.08 Å². The molecule has 0 saturated carbocycles. The maximum Gasteiger partial charge on any atom is 0.305 e. The Bertz CT molecular complexity index is 1050. The first-order valence-corrected chi connectivity index (χ1v) is 32.0. The van der Waals surface area contributed by atoms with E-state index in [1.165, 1.54) is 295 Å². The Kier molecular flexibility index (Phi) is 59.0. The van der Waals surface area contributed by atoms with Crippen LogP contribution in [0.1, 0.15) is 361 Å². The van der Waals surface area contributed by atoms with Gasteiger partial charge in [-0.2, -0.15) is 0 Å². The highest BCUT2D eigenvalue weighted by Gasteiger charge is 2.18. The topological polar surface area (TPSA) is 95.9 Å². The van der Waals surface area contributed by atoms with E-state index in [0.717, 1.165) is 38.5 Å².